The summed E-state index contributed by atoms with van der Waals surface area (Å²) in [5, 5.41) is 4.09. The zero-order valence-corrected chi connectivity index (χ0v) is 20.8. The molecule has 0 bridgehead atoms. The Morgan fingerprint density at radius 2 is 1.68 bits per heavy atom. The zero-order valence-electron chi connectivity index (χ0n) is 18.5. The van der Waals surface area contributed by atoms with Crippen molar-refractivity contribution in [3.8, 4) is 17.1 Å². The van der Waals surface area contributed by atoms with E-state index < -0.39 is 17.4 Å². The molecule has 4 aromatic rings. The van der Waals surface area contributed by atoms with E-state index in [4.69, 9.17) is 44.0 Å². The second-order valence-corrected chi connectivity index (χ2v) is 9.18. The lowest BCUT2D eigenvalue weighted by molar-refractivity contribution is -0.122. The van der Waals surface area contributed by atoms with Gasteiger partial charge in [-0.25, -0.2) is 0 Å². The summed E-state index contributed by atoms with van der Waals surface area (Å²) in [6.45, 7) is 5.31. The van der Waals surface area contributed by atoms with Crippen LogP contribution in [0.5, 0.6) is 5.75 Å². The number of hydrogen-bond acceptors (Lipinski definition) is 4. The Kier molecular flexibility index (Phi) is 6.89. The van der Waals surface area contributed by atoms with Crippen LogP contribution in [0.25, 0.3) is 22.3 Å². The first kappa shape index (κ1) is 24.1. The number of fused-ring (bicyclic) bond motifs is 1. The van der Waals surface area contributed by atoms with Gasteiger partial charge in [0.25, 0.3) is 5.91 Å². The Bertz CT molecular complexity index is 1460. The van der Waals surface area contributed by atoms with Crippen LogP contribution in [0.3, 0.4) is 0 Å². The molecule has 0 aliphatic carbocycles. The lowest BCUT2D eigenvalue weighted by Gasteiger charge is -2.17. The third kappa shape index (κ3) is 4.92. The molecule has 174 valence electrons. The van der Waals surface area contributed by atoms with Crippen molar-refractivity contribution < 1.29 is 13.9 Å². The van der Waals surface area contributed by atoms with Crippen molar-refractivity contribution in [2.45, 2.75) is 26.9 Å². The summed E-state index contributed by atoms with van der Waals surface area (Å²) in [6.07, 6.45) is -1.06. The van der Waals surface area contributed by atoms with Crippen molar-refractivity contribution in [3.63, 3.8) is 0 Å². The number of nitrogens with one attached hydrogen (secondary N) is 1. The van der Waals surface area contributed by atoms with Gasteiger partial charge in [0.1, 0.15) is 5.58 Å². The predicted molar refractivity (Wildman–Crippen MR) is 138 cm³/mol. The van der Waals surface area contributed by atoms with Crippen molar-refractivity contribution in [2.75, 3.05) is 5.32 Å². The summed E-state index contributed by atoms with van der Waals surface area (Å²) >= 11 is 18.4. The fourth-order valence-corrected chi connectivity index (χ4v) is 3.86. The van der Waals surface area contributed by atoms with E-state index in [9.17, 15) is 9.59 Å². The Labute approximate surface area is 211 Å². The zero-order chi connectivity index (χ0) is 24.6. The first-order valence-electron chi connectivity index (χ1n) is 10.4. The molecule has 1 amide bonds. The Balaban J connectivity index is 1.77. The van der Waals surface area contributed by atoms with Gasteiger partial charge in [-0.15, -0.1) is 0 Å². The van der Waals surface area contributed by atoms with Crippen molar-refractivity contribution >= 4 is 57.4 Å². The van der Waals surface area contributed by atoms with Crippen LogP contribution in [0.4, 0.5) is 5.69 Å². The van der Waals surface area contributed by atoms with Crippen LogP contribution in [0, 0.1) is 13.8 Å². The van der Waals surface area contributed by atoms with Gasteiger partial charge in [-0.1, -0.05) is 64.6 Å². The normalized spacial score (nSPS) is 11.9. The Hall–Kier alpha value is -2.99. The Morgan fingerprint density at radius 3 is 2.38 bits per heavy atom. The van der Waals surface area contributed by atoms with Crippen LogP contribution >= 0.6 is 34.8 Å². The van der Waals surface area contributed by atoms with E-state index in [1.807, 2.05) is 38.1 Å². The van der Waals surface area contributed by atoms with Crippen LogP contribution < -0.4 is 15.5 Å². The molecule has 8 heteroatoms. The van der Waals surface area contributed by atoms with E-state index in [1.54, 1.807) is 24.3 Å². The molecule has 0 radical (unpaired) electrons. The van der Waals surface area contributed by atoms with Gasteiger partial charge in [-0.2, -0.15) is 0 Å². The quantitative estimate of drug-likeness (QED) is 0.299. The predicted octanol–water partition coefficient (Wildman–Crippen LogP) is 7.44. The molecule has 1 heterocycles. The molecule has 0 fully saturated rings. The number of carbonyl (C=O) groups is 1. The maximum atomic E-state index is 13.5. The number of ether oxygens (including phenoxy) is 1. The number of rotatable bonds is 5. The van der Waals surface area contributed by atoms with Gasteiger partial charge in [0.15, 0.2) is 11.9 Å². The van der Waals surface area contributed by atoms with E-state index in [0.717, 1.165) is 11.1 Å². The number of carbonyl (C=O) groups excluding carboxylic acids is 1. The third-order valence-corrected chi connectivity index (χ3v) is 6.27. The van der Waals surface area contributed by atoms with Crippen LogP contribution in [-0.4, -0.2) is 12.0 Å². The van der Waals surface area contributed by atoms with Gasteiger partial charge in [0, 0.05) is 15.6 Å². The van der Waals surface area contributed by atoms with Crippen LogP contribution in [0.2, 0.25) is 15.1 Å². The number of benzene rings is 3. The molecule has 0 saturated heterocycles. The molecule has 1 N–H and O–H groups in total. The summed E-state index contributed by atoms with van der Waals surface area (Å²) in [7, 11) is 0. The maximum absolute atomic E-state index is 13.5. The summed E-state index contributed by atoms with van der Waals surface area (Å²) in [5.41, 5.74) is 2.73. The minimum absolute atomic E-state index is 0.0869. The van der Waals surface area contributed by atoms with Crippen molar-refractivity contribution in [1.82, 2.24) is 0 Å². The third-order valence-electron chi connectivity index (χ3n) is 5.29. The molecule has 0 aliphatic heterocycles. The van der Waals surface area contributed by atoms with E-state index in [2.05, 4.69) is 5.32 Å². The maximum Gasteiger partial charge on any atom is 0.265 e. The van der Waals surface area contributed by atoms with Gasteiger partial charge in [-0.3, -0.25) is 9.59 Å². The number of amides is 1. The summed E-state index contributed by atoms with van der Waals surface area (Å²) in [6, 6.07) is 15.4. The molecule has 3 aromatic carbocycles. The summed E-state index contributed by atoms with van der Waals surface area (Å²) < 4.78 is 12.0. The first-order chi connectivity index (χ1) is 16.1. The lowest BCUT2D eigenvalue weighted by Crippen LogP contribution is -2.32. The fourth-order valence-electron chi connectivity index (χ4n) is 3.36. The molecule has 1 unspecified atom stereocenters. The minimum Gasteiger partial charge on any atom is -0.473 e. The number of anilines is 1. The molecule has 5 nitrogen and oxygen atoms in total. The fraction of sp³-hybridized carbons (Fsp3) is 0.154. The SMILES string of the molecule is Cc1ccc(-c2oc3cc(C)c(Cl)cc3c(=O)c2OC(C)C(=O)Nc2cc(Cl)ccc2Cl)cc1. The largest absolute Gasteiger partial charge is 0.473 e. The van der Waals surface area contributed by atoms with Crippen LogP contribution in [-0.2, 0) is 4.79 Å². The second kappa shape index (κ2) is 9.71. The minimum atomic E-state index is -1.06. The molecule has 1 aromatic heterocycles. The van der Waals surface area contributed by atoms with E-state index >= 15 is 0 Å². The molecule has 4 rings (SSSR count). The van der Waals surface area contributed by atoms with E-state index in [0.29, 0.717) is 31.9 Å². The number of hydrogen-bond donors (Lipinski definition) is 1. The standard InChI is InChI=1S/C26H20Cl3NO4/c1-13-4-6-16(7-5-13)24-25(23(31)18-12-20(29)14(2)10-22(18)34-24)33-15(3)26(32)30-21-11-17(27)8-9-19(21)28/h4-12,15H,1-3H3,(H,30,32). The highest BCUT2D eigenvalue weighted by molar-refractivity contribution is 6.35. The van der Waals surface area contributed by atoms with Gasteiger partial charge in [-0.05, 0) is 56.7 Å². The highest BCUT2D eigenvalue weighted by Gasteiger charge is 2.24. The van der Waals surface area contributed by atoms with Crippen LogP contribution in [0.15, 0.2) is 63.8 Å². The molecule has 1 atom stereocenters. The van der Waals surface area contributed by atoms with Crippen LogP contribution in [0.1, 0.15) is 18.1 Å². The molecule has 0 aliphatic rings. The lowest BCUT2D eigenvalue weighted by atomic mass is 10.1. The first-order valence-corrected chi connectivity index (χ1v) is 11.5. The second-order valence-electron chi connectivity index (χ2n) is 7.93. The average Bonchev–Trinajstić information content (AvgIpc) is 2.80. The molecular formula is C26H20Cl3NO4. The van der Waals surface area contributed by atoms with Crippen molar-refractivity contribution in [2.24, 2.45) is 0 Å². The van der Waals surface area contributed by atoms with Gasteiger partial charge < -0.3 is 14.5 Å². The average molecular weight is 517 g/mol. The highest BCUT2D eigenvalue weighted by atomic mass is 35.5. The van der Waals surface area contributed by atoms with E-state index in [-0.39, 0.29) is 16.9 Å². The van der Waals surface area contributed by atoms with Gasteiger partial charge in [0.2, 0.25) is 11.2 Å². The van der Waals surface area contributed by atoms with Crippen molar-refractivity contribution in [3.05, 3.63) is 91.0 Å². The number of halogens is 3. The molecule has 0 spiro atoms. The monoisotopic (exact) mass is 515 g/mol. The van der Waals surface area contributed by atoms with Gasteiger partial charge >= 0.3 is 0 Å². The number of aryl methyl sites for hydroxylation is 2. The smallest absolute Gasteiger partial charge is 0.265 e. The van der Waals surface area contributed by atoms with Gasteiger partial charge in [0.05, 0.1) is 16.1 Å². The molecule has 0 saturated carbocycles. The van der Waals surface area contributed by atoms with E-state index in [1.165, 1.54) is 13.0 Å². The topological polar surface area (TPSA) is 68.5 Å². The Morgan fingerprint density at radius 1 is 0.971 bits per heavy atom. The molecular weight excluding hydrogens is 497 g/mol. The highest BCUT2D eigenvalue weighted by Crippen LogP contribution is 2.34. The summed E-state index contributed by atoms with van der Waals surface area (Å²) in [4.78, 5) is 26.3. The molecule has 34 heavy (non-hydrogen) atoms. The summed E-state index contributed by atoms with van der Waals surface area (Å²) in [5.74, 6) is -0.378. The van der Waals surface area contributed by atoms with Crippen molar-refractivity contribution in [1.29, 1.82) is 0 Å².